The van der Waals surface area contributed by atoms with E-state index in [-0.39, 0.29) is 24.4 Å². The Bertz CT molecular complexity index is 101. The molecule has 0 aromatic carbocycles. The minimum absolute atomic E-state index is 0. The minimum Gasteiger partial charge on any atom is -0.655 e. The molecule has 54 valence electrons. The van der Waals surface area contributed by atoms with Gasteiger partial charge in [-0.25, -0.2) is 0 Å². The molecular formula is C8H16LiN. The molecule has 1 saturated heterocycles. The molecule has 0 N–H and O–H groups in total. The minimum atomic E-state index is 0. The van der Waals surface area contributed by atoms with Crippen LogP contribution in [0.5, 0.6) is 0 Å². The van der Waals surface area contributed by atoms with Crippen LogP contribution in [0.4, 0.5) is 0 Å². The second-order valence-corrected chi connectivity index (χ2v) is 3.68. The van der Waals surface area contributed by atoms with Crippen molar-refractivity contribution in [2.45, 2.75) is 51.6 Å². The maximum atomic E-state index is 4.61. The number of nitrogens with zero attached hydrogens (tertiary/aromatic N) is 1. The summed E-state index contributed by atoms with van der Waals surface area (Å²) < 4.78 is 0. The molecule has 0 radical (unpaired) electrons. The quantitative estimate of drug-likeness (QED) is 0.403. The Morgan fingerprint density at radius 3 is 2.30 bits per heavy atom. The molecular weight excluding hydrogens is 117 g/mol. The molecule has 1 nitrogen and oxygen atoms in total. The molecule has 1 aliphatic rings. The van der Waals surface area contributed by atoms with Crippen molar-refractivity contribution in [2.75, 3.05) is 0 Å². The zero-order valence-corrected chi connectivity index (χ0v) is 7.65. The first-order valence-corrected chi connectivity index (χ1v) is 3.82. The van der Waals surface area contributed by atoms with E-state index in [0.717, 1.165) is 0 Å². The summed E-state index contributed by atoms with van der Waals surface area (Å²) in [5, 5.41) is 4.61. The molecule has 0 saturated carbocycles. The van der Waals surface area contributed by atoms with Gasteiger partial charge in [0.25, 0.3) is 0 Å². The van der Waals surface area contributed by atoms with E-state index in [1.54, 1.807) is 0 Å². The molecule has 1 aliphatic heterocycles. The van der Waals surface area contributed by atoms with E-state index in [4.69, 9.17) is 0 Å². The Morgan fingerprint density at radius 1 is 1.40 bits per heavy atom. The van der Waals surface area contributed by atoms with Gasteiger partial charge in [0.2, 0.25) is 0 Å². The maximum absolute atomic E-state index is 4.61. The first-order chi connectivity index (χ1) is 4.10. The zero-order chi connectivity index (χ0) is 6.91. The van der Waals surface area contributed by atoms with Crippen LogP contribution in [0.2, 0.25) is 0 Å². The Balaban J connectivity index is 0.000000810. The molecule has 1 rings (SSSR count). The van der Waals surface area contributed by atoms with Crippen molar-refractivity contribution in [3.63, 3.8) is 0 Å². The molecule has 1 heterocycles. The largest absolute Gasteiger partial charge is 1.00 e. The second-order valence-electron chi connectivity index (χ2n) is 3.68. The van der Waals surface area contributed by atoms with Crippen LogP contribution in [0.1, 0.15) is 40.0 Å². The molecule has 0 aliphatic carbocycles. The molecule has 0 spiro atoms. The summed E-state index contributed by atoms with van der Waals surface area (Å²) in [6, 6.07) is 0.605. The van der Waals surface area contributed by atoms with Crippen LogP contribution in [-0.2, 0) is 0 Å². The molecule has 0 aromatic rings. The van der Waals surface area contributed by atoms with Gasteiger partial charge >= 0.3 is 18.9 Å². The van der Waals surface area contributed by atoms with E-state index >= 15 is 0 Å². The Kier molecular flexibility index (Phi) is 4.02. The monoisotopic (exact) mass is 133 g/mol. The number of hydrogen-bond acceptors (Lipinski definition) is 0. The van der Waals surface area contributed by atoms with E-state index in [2.05, 4.69) is 26.1 Å². The van der Waals surface area contributed by atoms with Crippen LogP contribution in [0, 0.1) is 0 Å². The van der Waals surface area contributed by atoms with Gasteiger partial charge in [-0.3, -0.25) is 0 Å². The fourth-order valence-electron chi connectivity index (χ4n) is 1.56. The van der Waals surface area contributed by atoms with E-state index < -0.39 is 0 Å². The summed E-state index contributed by atoms with van der Waals surface area (Å²) in [6.07, 6.45) is 3.93. The van der Waals surface area contributed by atoms with Gasteiger partial charge < -0.3 is 5.32 Å². The van der Waals surface area contributed by atoms with Crippen molar-refractivity contribution in [2.24, 2.45) is 0 Å². The Morgan fingerprint density at radius 2 is 2.00 bits per heavy atom. The first-order valence-electron chi connectivity index (χ1n) is 3.82. The van der Waals surface area contributed by atoms with Gasteiger partial charge in [0, 0.05) is 0 Å². The third kappa shape index (κ3) is 3.10. The molecule has 2 heteroatoms. The van der Waals surface area contributed by atoms with Crippen LogP contribution >= 0.6 is 0 Å². The predicted octanol–water partition coefficient (Wildman–Crippen LogP) is -0.285. The molecule has 1 atom stereocenters. The summed E-state index contributed by atoms with van der Waals surface area (Å²) in [5.74, 6) is 0. The van der Waals surface area contributed by atoms with Crippen molar-refractivity contribution in [1.82, 2.24) is 0 Å². The van der Waals surface area contributed by atoms with Gasteiger partial charge in [-0.1, -0.05) is 40.0 Å². The second kappa shape index (κ2) is 3.81. The van der Waals surface area contributed by atoms with E-state index in [1.807, 2.05) is 0 Å². The third-order valence-corrected chi connectivity index (χ3v) is 1.98. The fraction of sp³-hybridized carbons (Fsp3) is 1.00. The van der Waals surface area contributed by atoms with Gasteiger partial charge in [0.1, 0.15) is 0 Å². The molecule has 0 aromatic heterocycles. The van der Waals surface area contributed by atoms with Gasteiger partial charge in [0.15, 0.2) is 0 Å². The Hall–Kier alpha value is 0.557. The average molecular weight is 133 g/mol. The van der Waals surface area contributed by atoms with Crippen LogP contribution in [-0.4, -0.2) is 11.6 Å². The van der Waals surface area contributed by atoms with Gasteiger partial charge in [-0.2, -0.15) is 0 Å². The predicted molar refractivity (Wildman–Crippen MR) is 40.8 cm³/mol. The van der Waals surface area contributed by atoms with Crippen LogP contribution in [0.15, 0.2) is 0 Å². The summed E-state index contributed by atoms with van der Waals surface area (Å²) in [5.41, 5.74) is 0.275. The van der Waals surface area contributed by atoms with Crippen molar-refractivity contribution < 1.29 is 18.9 Å². The molecule has 0 bridgehead atoms. The van der Waals surface area contributed by atoms with E-state index in [1.165, 1.54) is 19.3 Å². The normalized spacial score (nSPS) is 30.9. The van der Waals surface area contributed by atoms with Crippen molar-refractivity contribution in [1.29, 1.82) is 0 Å². The average Bonchev–Trinajstić information content (AvgIpc) is 1.60. The molecule has 10 heavy (non-hydrogen) atoms. The molecule has 1 fully saturated rings. The third-order valence-electron chi connectivity index (χ3n) is 1.98. The summed E-state index contributed by atoms with van der Waals surface area (Å²) in [4.78, 5) is 0. The fourth-order valence-corrected chi connectivity index (χ4v) is 1.56. The molecule has 0 amide bonds. The van der Waals surface area contributed by atoms with Crippen LogP contribution < -0.4 is 18.9 Å². The number of piperidine rings is 1. The smallest absolute Gasteiger partial charge is 0.655 e. The summed E-state index contributed by atoms with van der Waals surface area (Å²) in [7, 11) is 0. The van der Waals surface area contributed by atoms with Crippen LogP contribution in [0.25, 0.3) is 5.32 Å². The topological polar surface area (TPSA) is 14.1 Å². The standard InChI is InChI=1S/C8H16N.Li/c1-7-5-4-6-8(2,3)9-7;/h7H,4-6H2,1-3H3;/q-1;+1. The first kappa shape index (κ1) is 10.6. The zero-order valence-electron chi connectivity index (χ0n) is 7.65. The van der Waals surface area contributed by atoms with Gasteiger partial charge in [-0.15, -0.1) is 11.6 Å². The summed E-state index contributed by atoms with van der Waals surface area (Å²) in [6.45, 7) is 6.66. The Labute approximate surface area is 76.1 Å². The maximum Gasteiger partial charge on any atom is 1.00 e. The number of hydrogen-bond donors (Lipinski definition) is 0. The SMILES string of the molecule is CC1CCCC(C)(C)[N-]1.[Li+]. The van der Waals surface area contributed by atoms with E-state index in [0.29, 0.717) is 6.04 Å². The van der Waals surface area contributed by atoms with Gasteiger partial charge in [0.05, 0.1) is 0 Å². The van der Waals surface area contributed by atoms with Gasteiger partial charge in [-0.05, 0) is 0 Å². The number of rotatable bonds is 0. The van der Waals surface area contributed by atoms with Crippen molar-refractivity contribution in [3.8, 4) is 0 Å². The molecule has 1 unspecified atom stereocenters. The van der Waals surface area contributed by atoms with Crippen LogP contribution in [0.3, 0.4) is 0 Å². The van der Waals surface area contributed by atoms with Crippen molar-refractivity contribution >= 4 is 0 Å². The van der Waals surface area contributed by atoms with E-state index in [9.17, 15) is 0 Å². The summed E-state index contributed by atoms with van der Waals surface area (Å²) >= 11 is 0. The van der Waals surface area contributed by atoms with Crippen molar-refractivity contribution in [3.05, 3.63) is 5.32 Å².